The summed E-state index contributed by atoms with van der Waals surface area (Å²) in [4.78, 5) is 34.1. The number of hydrogen-bond donors (Lipinski definition) is 2. The maximum Gasteiger partial charge on any atom is 0.393 e. The Morgan fingerprint density at radius 1 is 1.27 bits per heavy atom. The average molecular weight is 161 g/mol. The molecular weight excluding hydrogens is 154 g/mol. The van der Waals surface area contributed by atoms with Crippen molar-refractivity contribution >= 4 is 17.7 Å². The zero-order valence-corrected chi connectivity index (χ0v) is 5.57. The average Bonchev–Trinajstić information content (AvgIpc) is 1.98. The van der Waals surface area contributed by atoms with E-state index in [0.29, 0.717) is 0 Å². The van der Waals surface area contributed by atoms with Crippen molar-refractivity contribution < 1.29 is 24.3 Å². The van der Waals surface area contributed by atoms with Gasteiger partial charge in [0.15, 0.2) is 0 Å². The predicted molar refractivity (Wildman–Crippen MR) is 32.2 cm³/mol. The van der Waals surface area contributed by atoms with Gasteiger partial charge >= 0.3 is 11.9 Å². The minimum Gasteiger partial charge on any atom is -0.481 e. The second kappa shape index (κ2) is 4.40. The van der Waals surface area contributed by atoms with Crippen LogP contribution in [0.4, 0.5) is 0 Å². The number of ketones is 1. The second-order valence-electron chi connectivity index (χ2n) is 1.72. The minimum atomic E-state index is -1.22. The number of carbonyl (C=O) groups excluding carboxylic acids is 2. The van der Waals surface area contributed by atoms with Gasteiger partial charge < -0.3 is 9.94 Å². The van der Waals surface area contributed by atoms with E-state index in [2.05, 4.69) is 10.7 Å². The molecule has 0 aromatic rings. The Bertz CT molecular complexity index is 187. The molecule has 11 heavy (non-hydrogen) atoms. The smallest absolute Gasteiger partial charge is 0.393 e. The van der Waals surface area contributed by atoms with Crippen molar-refractivity contribution in [1.82, 2.24) is 0 Å². The number of carboxylic acids is 1. The number of rotatable bonds is 4. The van der Waals surface area contributed by atoms with Crippen LogP contribution in [0.15, 0.2) is 0 Å². The highest BCUT2D eigenvalue weighted by atomic mass is 16.7. The summed E-state index contributed by atoms with van der Waals surface area (Å²) in [5.74, 6) is 1.06. The molecule has 62 valence electrons. The summed E-state index contributed by atoms with van der Waals surface area (Å²) in [6.45, 7) is 0. The molecule has 3 N–H and O–H groups in total. The minimum absolute atomic E-state index is 0.384. The van der Waals surface area contributed by atoms with Crippen molar-refractivity contribution in [3.63, 3.8) is 0 Å². The molecular formula is C5H7NO5. The molecule has 0 saturated carbocycles. The maximum absolute atomic E-state index is 10.5. The number of nitrogens with two attached hydrogens (primary N) is 1. The summed E-state index contributed by atoms with van der Waals surface area (Å²) in [7, 11) is 0. The van der Waals surface area contributed by atoms with Gasteiger partial charge in [0.1, 0.15) is 0 Å². The predicted octanol–water partition coefficient (Wildman–Crippen LogP) is -1.16. The monoisotopic (exact) mass is 161 g/mol. The van der Waals surface area contributed by atoms with Crippen LogP contribution in [-0.2, 0) is 19.2 Å². The van der Waals surface area contributed by atoms with Crippen molar-refractivity contribution in [2.45, 2.75) is 12.8 Å². The first-order valence-electron chi connectivity index (χ1n) is 2.73. The van der Waals surface area contributed by atoms with Crippen molar-refractivity contribution in [3.05, 3.63) is 0 Å². The van der Waals surface area contributed by atoms with E-state index in [1.54, 1.807) is 0 Å². The van der Waals surface area contributed by atoms with Crippen LogP contribution in [0.3, 0.4) is 0 Å². The van der Waals surface area contributed by atoms with E-state index in [-0.39, 0.29) is 6.42 Å². The van der Waals surface area contributed by atoms with Gasteiger partial charge in [-0.3, -0.25) is 9.59 Å². The number of Topliss-reactive ketones (excluding diaryl/α,β-unsaturated/α-hetero) is 1. The highest BCUT2D eigenvalue weighted by molar-refractivity contribution is 6.33. The SMILES string of the molecule is NOC(=O)C(=O)CCC(=O)O. The second-order valence-corrected chi connectivity index (χ2v) is 1.72. The Balaban J connectivity index is 3.70. The third-order valence-electron chi connectivity index (χ3n) is 0.901. The van der Waals surface area contributed by atoms with Gasteiger partial charge in [-0.05, 0) is 0 Å². The van der Waals surface area contributed by atoms with E-state index in [9.17, 15) is 14.4 Å². The zero-order valence-electron chi connectivity index (χ0n) is 5.57. The first-order chi connectivity index (χ1) is 5.07. The standard InChI is InChI=1S/C5H7NO5/c6-11-5(10)3(7)1-2-4(8)9/h1-2,6H2,(H,8,9). The summed E-state index contributed by atoms with van der Waals surface area (Å²) < 4.78 is 0. The van der Waals surface area contributed by atoms with Gasteiger partial charge in [-0.15, -0.1) is 0 Å². The van der Waals surface area contributed by atoms with E-state index < -0.39 is 24.1 Å². The summed E-state index contributed by atoms with van der Waals surface area (Å²) in [5, 5.41) is 8.08. The summed E-state index contributed by atoms with van der Waals surface area (Å²) in [6, 6.07) is 0. The van der Waals surface area contributed by atoms with E-state index in [1.165, 1.54) is 0 Å². The van der Waals surface area contributed by atoms with Crippen LogP contribution >= 0.6 is 0 Å². The third kappa shape index (κ3) is 4.04. The van der Waals surface area contributed by atoms with Gasteiger partial charge in [0, 0.05) is 6.42 Å². The Kier molecular flexibility index (Phi) is 3.82. The summed E-state index contributed by atoms with van der Waals surface area (Å²) >= 11 is 0. The van der Waals surface area contributed by atoms with Gasteiger partial charge in [-0.25, -0.2) is 4.79 Å². The van der Waals surface area contributed by atoms with Gasteiger partial charge in [0.05, 0.1) is 6.42 Å². The van der Waals surface area contributed by atoms with Crippen LogP contribution in [0, 0.1) is 0 Å². The highest BCUT2D eigenvalue weighted by Crippen LogP contribution is 1.91. The van der Waals surface area contributed by atoms with Crippen LogP contribution in [0.5, 0.6) is 0 Å². The van der Waals surface area contributed by atoms with Gasteiger partial charge in [-0.2, -0.15) is 5.90 Å². The molecule has 0 unspecified atom stereocenters. The lowest BCUT2D eigenvalue weighted by Gasteiger charge is -1.93. The molecule has 0 aliphatic rings. The molecule has 0 radical (unpaired) electrons. The number of carboxylic acid groups (broad SMARTS) is 1. The lowest BCUT2D eigenvalue weighted by atomic mass is 10.2. The first kappa shape index (κ1) is 9.57. The fraction of sp³-hybridized carbons (Fsp3) is 0.400. The van der Waals surface area contributed by atoms with E-state index in [1.807, 2.05) is 0 Å². The molecule has 6 nitrogen and oxygen atoms in total. The summed E-state index contributed by atoms with van der Waals surface area (Å²) in [5.41, 5.74) is 0. The molecule has 0 rings (SSSR count). The van der Waals surface area contributed by atoms with Gasteiger partial charge in [0.25, 0.3) is 0 Å². The Morgan fingerprint density at radius 2 is 1.82 bits per heavy atom. The van der Waals surface area contributed by atoms with Crippen LogP contribution in [-0.4, -0.2) is 22.8 Å². The van der Waals surface area contributed by atoms with E-state index in [4.69, 9.17) is 5.11 Å². The third-order valence-corrected chi connectivity index (χ3v) is 0.901. The lowest BCUT2D eigenvalue weighted by Crippen LogP contribution is -2.21. The molecule has 0 atom stereocenters. The molecule has 0 aliphatic carbocycles. The molecule has 0 heterocycles. The Morgan fingerprint density at radius 3 is 2.18 bits per heavy atom. The quantitative estimate of drug-likeness (QED) is 0.397. The van der Waals surface area contributed by atoms with Crippen molar-refractivity contribution in [2.75, 3.05) is 0 Å². The normalized spacial score (nSPS) is 8.82. The highest BCUT2D eigenvalue weighted by Gasteiger charge is 2.15. The number of hydrogen-bond acceptors (Lipinski definition) is 5. The maximum atomic E-state index is 10.5. The van der Waals surface area contributed by atoms with Crippen LogP contribution < -0.4 is 5.90 Å². The Hall–Kier alpha value is -1.43. The van der Waals surface area contributed by atoms with Crippen molar-refractivity contribution in [2.24, 2.45) is 5.90 Å². The summed E-state index contributed by atoms with van der Waals surface area (Å²) in [6.07, 6.45) is -0.778. The topological polar surface area (TPSA) is 107 Å². The van der Waals surface area contributed by atoms with Crippen LogP contribution in [0.2, 0.25) is 0 Å². The fourth-order valence-corrected chi connectivity index (χ4v) is 0.388. The molecule has 0 aromatic heterocycles. The van der Waals surface area contributed by atoms with Crippen molar-refractivity contribution in [3.8, 4) is 0 Å². The van der Waals surface area contributed by atoms with Gasteiger partial charge in [-0.1, -0.05) is 0 Å². The van der Waals surface area contributed by atoms with E-state index in [0.717, 1.165) is 0 Å². The molecule has 0 fully saturated rings. The largest absolute Gasteiger partial charge is 0.481 e. The Labute approximate surface area is 61.9 Å². The van der Waals surface area contributed by atoms with Crippen LogP contribution in [0.1, 0.15) is 12.8 Å². The molecule has 6 heteroatoms. The van der Waals surface area contributed by atoms with Crippen molar-refractivity contribution in [1.29, 1.82) is 0 Å². The zero-order chi connectivity index (χ0) is 8.85. The molecule has 0 saturated heterocycles. The first-order valence-corrected chi connectivity index (χ1v) is 2.73. The fourth-order valence-electron chi connectivity index (χ4n) is 0.388. The van der Waals surface area contributed by atoms with E-state index >= 15 is 0 Å². The number of aliphatic carboxylic acids is 1. The molecule has 0 bridgehead atoms. The number of carbonyl (C=O) groups is 3. The molecule has 0 aromatic carbocycles. The van der Waals surface area contributed by atoms with Gasteiger partial charge in [0.2, 0.25) is 5.78 Å². The molecule has 0 aliphatic heterocycles. The molecule has 0 spiro atoms. The van der Waals surface area contributed by atoms with Crippen LogP contribution in [0.25, 0.3) is 0 Å². The lowest BCUT2D eigenvalue weighted by molar-refractivity contribution is -0.154. The molecule has 0 amide bonds.